The molecule has 76 valence electrons. The molecule has 0 unspecified atom stereocenters. The van der Waals surface area contributed by atoms with Gasteiger partial charge in [0.15, 0.2) is 0 Å². The minimum atomic E-state index is 0.200. The van der Waals surface area contributed by atoms with Crippen molar-refractivity contribution in [2.24, 2.45) is 4.99 Å². The summed E-state index contributed by atoms with van der Waals surface area (Å²) in [5, 5.41) is 0.948. The van der Waals surface area contributed by atoms with Crippen molar-refractivity contribution in [3.63, 3.8) is 0 Å². The van der Waals surface area contributed by atoms with E-state index in [1.54, 1.807) is 7.11 Å². The summed E-state index contributed by atoms with van der Waals surface area (Å²) in [6.45, 7) is 0. The molecule has 2 nitrogen and oxygen atoms in total. The van der Waals surface area contributed by atoms with Crippen molar-refractivity contribution in [3.8, 4) is 0 Å². The number of thioether (sulfide) groups is 1. The third-order valence-electron chi connectivity index (χ3n) is 2.27. The van der Waals surface area contributed by atoms with E-state index < -0.39 is 0 Å². The maximum Gasteiger partial charge on any atom is 0.245 e. The predicted molar refractivity (Wildman–Crippen MR) is 59.9 cm³/mol. The normalized spacial score (nSPS) is 30.2. The highest BCUT2D eigenvalue weighted by atomic mass is 35.5. The molecule has 0 aliphatic heterocycles. The molecule has 1 saturated carbocycles. The molecule has 13 heavy (non-hydrogen) atoms. The number of aliphatic imine (C=N–C) groups is 1. The van der Waals surface area contributed by atoms with Gasteiger partial charge in [-0.15, -0.1) is 11.6 Å². The first-order chi connectivity index (χ1) is 6.27. The Morgan fingerprint density at radius 2 is 2.15 bits per heavy atom. The van der Waals surface area contributed by atoms with E-state index in [1.165, 1.54) is 24.6 Å². The Morgan fingerprint density at radius 1 is 1.46 bits per heavy atom. The summed E-state index contributed by atoms with van der Waals surface area (Å²) in [6.07, 6.45) is 6.63. The summed E-state index contributed by atoms with van der Waals surface area (Å²) >= 11 is 7.70. The molecule has 2 atom stereocenters. The molecule has 0 aromatic carbocycles. The first-order valence-electron chi connectivity index (χ1n) is 4.57. The lowest BCUT2D eigenvalue weighted by Gasteiger charge is -2.23. The molecule has 0 heterocycles. The van der Waals surface area contributed by atoms with Gasteiger partial charge in [-0.1, -0.05) is 24.6 Å². The number of methoxy groups -OCH3 is 1. The van der Waals surface area contributed by atoms with Crippen LogP contribution in [-0.2, 0) is 4.74 Å². The predicted octanol–water partition coefficient (Wildman–Crippen LogP) is 2.90. The van der Waals surface area contributed by atoms with Crippen LogP contribution in [-0.4, -0.2) is 30.0 Å². The quantitative estimate of drug-likeness (QED) is 0.386. The second-order valence-electron chi connectivity index (χ2n) is 3.17. The van der Waals surface area contributed by atoms with Gasteiger partial charge in [-0.05, 0) is 19.1 Å². The number of hydrogen-bond acceptors (Lipinski definition) is 3. The Balaban J connectivity index is 2.53. The Bertz CT molecular complexity index is 180. The van der Waals surface area contributed by atoms with Crippen LogP contribution in [0.25, 0.3) is 0 Å². The van der Waals surface area contributed by atoms with Gasteiger partial charge in [0.2, 0.25) is 5.23 Å². The molecule has 0 N–H and O–H groups in total. The average molecular weight is 222 g/mol. The smallest absolute Gasteiger partial charge is 0.245 e. The largest absolute Gasteiger partial charge is 0.476 e. The molecule has 0 aromatic rings. The van der Waals surface area contributed by atoms with Crippen LogP contribution >= 0.6 is 23.4 Å². The van der Waals surface area contributed by atoms with Crippen molar-refractivity contribution in [3.05, 3.63) is 0 Å². The van der Waals surface area contributed by atoms with E-state index >= 15 is 0 Å². The summed E-state index contributed by atoms with van der Waals surface area (Å²) < 4.78 is 5.10. The van der Waals surface area contributed by atoms with Gasteiger partial charge in [0.05, 0.1) is 18.5 Å². The van der Waals surface area contributed by atoms with E-state index in [-0.39, 0.29) is 11.4 Å². The van der Waals surface area contributed by atoms with E-state index in [0.717, 1.165) is 18.1 Å². The lowest BCUT2D eigenvalue weighted by molar-refractivity contribution is 0.396. The monoisotopic (exact) mass is 221 g/mol. The summed E-state index contributed by atoms with van der Waals surface area (Å²) in [7, 11) is 1.65. The first-order valence-corrected chi connectivity index (χ1v) is 6.24. The minimum Gasteiger partial charge on any atom is -0.476 e. The second-order valence-corrected chi connectivity index (χ2v) is 4.49. The van der Waals surface area contributed by atoms with Crippen LogP contribution < -0.4 is 0 Å². The van der Waals surface area contributed by atoms with Gasteiger partial charge in [-0.2, -0.15) is 0 Å². The van der Waals surface area contributed by atoms with Gasteiger partial charge >= 0.3 is 0 Å². The Hall–Kier alpha value is 0.110. The topological polar surface area (TPSA) is 21.6 Å². The van der Waals surface area contributed by atoms with Crippen molar-refractivity contribution in [1.82, 2.24) is 0 Å². The van der Waals surface area contributed by atoms with Crippen LogP contribution in [0.3, 0.4) is 0 Å². The average Bonchev–Trinajstić information content (AvgIpc) is 2.17. The fraction of sp³-hybridized carbons (Fsp3) is 0.889. The lowest BCUT2D eigenvalue weighted by Crippen LogP contribution is -2.24. The van der Waals surface area contributed by atoms with E-state index in [9.17, 15) is 0 Å². The van der Waals surface area contributed by atoms with Gasteiger partial charge in [-0.25, -0.2) is 4.99 Å². The molecule has 1 fully saturated rings. The van der Waals surface area contributed by atoms with E-state index in [2.05, 4.69) is 4.99 Å². The highest BCUT2D eigenvalue weighted by Crippen LogP contribution is 2.26. The molecule has 0 bridgehead atoms. The highest BCUT2D eigenvalue weighted by molar-refractivity contribution is 8.12. The van der Waals surface area contributed by atoms with Crippen molar-refractivity contribution in [1.29, 1.82) is 0 Å². The summed E-state index contributed by atoms with van der Waals surface area (Å²) in [4.78, 5) is 4.48. The fourth-order valence-corrected chi connectivity index (χ4v) is 2.28. The maximum absolute atomic E-state index is 6.17. The third-order valence-corrected chi connectivity index (χ3v) is 3.40. The number of nitrogens with zero attached hydrogens (tertiary/aromatic N) is 1. The van der Waals surface area contributed by atoms with Crippen molar-refractivity contribution in [2.45, 2.75) is 37.1 Å². The van der Waals surface area contributed by atoms with Gasteiger partial charge in [-0.3, -0.25) is 0 Å². The Kier molecular flexibility index (Phi) is 4.96. The van der Waals surface area contributed by atoms with E-state index in [4.69, 9.17) is 16.3 Å². The van der Waals surface area contributed by atoms with E-state index in [1.807, 2.05) is 6.26 Å². The van der Waals surface area contributed by atoms with Crippen LogP contribution in [0.2, 0.25) is 0 Å². The van der Waals surface area contributed by atoms with Crippen molar-refractivity contribution >= 4 is 28.6 Å². The fourth-order valence-electron chi connectivity index (χ4n) is 1.54. The van der Waals surface area contributed by atoms with E-state index in [0.29, 0.717) is 0 Å². The van der Waals surface area contributed by atoms with Gasteiger partial charge < -0.3 is 4.74 Å². The molecule has 1 aliphatic rings. The van der Waals surface area contributed by atoms with Crippen LogP contribution in [0.5, 0.6) is 0 Å². The molecule has 1 aliphatic carbocycles. The molecule has 0 saturated heterocycles. The molecule has 1 rings (SSSR count). The molecule has 0 spiro atoms. The van der Waals surface area contributed by atoms with Crippen LogP contribution in [0.4, 0.5) is 0 Å². The van der Waals surface area contributed by atoms with Crippen LogP contribution in [0.1, 0.15) is 25.7 Å². The van der Waals surface area contributed by atoms with Gasteiger partial charge in [0, 0.05) is 0 Å². The van der Waals surface area contributed by atoms with Gasteiger partial charge in [0.25, 0.3) is 0 Å². The molecular weight excluding hydrogens is 206 g/mol. The lowest BCUT2D eigenvalue weighted by atomic mass is 9.95. The zero-order valence-corrected chi connectivity index (χ0v) is 9.70. The number of ether oxygens (including phenoxy) is 1. The zero-order valence-electron chi connectivity index (χ0n) is 8.12. The highest BCUT2D eigenvalue weighted by Gasteiger charge is 2.22. The third kappa shape index (κ3) is 3.39. The summed E-state index contributed by atoms with van der Waals surface area (Å²) in [5.41, 5.74) is 0. The molecule has 0 radical (unpaired) electrons. The van der Waals surface area contributed by atoms with Gasteiger partial charge in [0.1, 0.15) is 0 Å². The van der Waals surface area contributed by atoms with Crippen molar-refractivity contribution < 1.29 is 4.74 Å². The number of rotatable bonds is 1. The van der Waals surface area contributed by atoms with Crippen LogP contribution in [0, 0.1) is 0 Å². The molecule has 4 heteroatoms. The maximum atomic E-state index is 6.17. The standard InChI is InChI=1S/C9H16ClNOS/c1-12-9(13-2)11-8-6-4-3-5-7(8)10/h7-8H,3-6H2,1-2H3/t7-,8-/m0/s1. The minimum absolute atomic E-state index is 0.200. The zero-order chi connectivity index (χ0) is 9.68. The Labute approximate surface area is 89.1 Å². The number of halogens is 1. The second kappa shape index (κ2) is 5.76. The Morgan fingerprint density at radius 3 is 2.69 bits per heavy atom. The number of alkyl halides is 1. The number of hydrogen-bond donors (Lipinski definition) is 0. The summed E-state index contributed by atoms with van der Waals surface area (Å²) in [6, 6.07) is 0.262. The molecule has 0 amide bonds. The SMILES string of the molecule is COC(=N[C@H]1CCCC[C@@H]1Cl)SC. The van der Waals surface area contributed by atoms with Crippen molar-refractivity contribution in [2.75, 3.05) is 13.4 Å². The van der Waals surface area contributed by atoms with Crippen LogP contribution in [0.15, 0.2) is 4.99 Å². The summed E-state index contributed by atoms with van der Waals surface area (Å²) in [5.74, 6) is 0. The molecular formula is C9H16ClNOS. The molecule has 0 aromatic heterocycles. The first kappa shape index (κ1) is 11.2.